The number of carbonyl (C=O) groups excluding carboxylic acids is 2. The Hall–Kier alpha value is -3.05. The van der Waals surface area contributed by atoms with Crippen molar-refractivity contribution >= 4 is 45.0 Å². The first-order valence-corrected chi connectivity index (χ1v) is 13.0. The van der Waals surface area contributed by atoms with Gasteiger partial charge in [-0.3, -0.25) is 4.79 Å². The number of amidine groups is 1. The van der Waals surface area contributed by atoms with Crippen LogP contribution in [0.25, 0.3) is 0 Å². The molecule has 1 aromatic carbocycles. The zero-order valence-corrected chi connectivity index (χ0v) is 20.4. The summed E-state index contributed by atoms with van der Waals surface area (Å²) in [7, 11) is -3.49. The van der Waals surface area contributed by atoms with Crippen molar-refractivity contribution < 1.29 is 22.8 Å². The molecule has 0 spiro atoms. The molecule has 2 aromatic rings. The molecule has 10 nitrogen and oxygen atoms in total. The summed E-state index contributed by atoms with van der Waals surface area (Å²) in [6.45, 7) is 1.46. The van der Waals surface area contributed by atoms with Gasteiger partial charge in [-0.05, 0) is 37.0 Å². The SMILES string of the molecule is CC(N)=NOC(=O)c1cnc(NC(=O)[C@H](CC2CCCC2)c2ccc(S(C)(=O)=O)c(Cl)c2)cn1. The molecule has 12 heteroatoms. The molecule has 0 bridgehead atoms. The summed E-state index contributed by atoms with van der Waals surface area (Å²) < 4.78 is 23.8. The number of benzene rings is 1. The van der Waals surface area contributed by atoms with Gasteiger partial charge in [-0.15, -0.1) is 0 Å². The monoisotopic (exact) mass is 507 g/mol. The summed E-state index contributed by atoms with van der Waals surface area (Å²) in [5, 5.41) is 6.16. The van der Waals surface area contributed by atoms with Crippen LogP contribution in [0.15, 0.2) is 40.6 Å². The maximum absolute atomic E-state index is 13.2. The van der Waals surface area contributed by atoms with Crippen molar-refractivity contribution in [3.63, 3.8) is 0 Å². The lowest BCUT2D eigenvalue weighted by atomic mass is 9.87. The Labute approximate surface area is 202 Å². The van der Waals surface area contributed by atoms with Gasteiger partial charge in [0, 0.05) is 6.26 Å². The number of halogens is 1. The fourth-order valence-electron chi connectivity index (χ4n) is 3.88. The first-order chi connectivity index (χ1) is 16.0. The van der Waals surface area contributed by atoms with Crippen LogP contribution in [0.5, 0.6) is 0 Å². The average molecular weight is 508 g/mol. The fraction of sp³-hybridized carbons (Fsp3) is 0.409. The second-order valence-corrected chi connectivity index (χ2v) is 10.7. The third kappa shape index (κ3) is 6.73. The lowest BCUT2D eigenvalue weighted by molar-refractivity contribution is -0.118. The first kappa shape index (κ1) is 25.6. The Morgan fingerprint density at radius 2 is 1.97 bits per heavy atom. The molecule has 0 unspecified atom stereocenters. The van der Waals surface area contributed by atoms with Crippen LogP contribution in [0.3, 0.4) is 0 Å². The molecule has 1 fully saturated rings. The number of nitrogens with two attached hydrogens (primary N) is 1. The van der Waals surface area contributed by atoms with Gasteiger partial charge in [-0.2, -0.15) is 0 Å². The topological polar surface area (TPSA) is 154 Å². The van der Waals surface area contributed by atoms with Crippen LogP contribution < -0.4 is 11.1 Å². The van der Waals surface area contributed by atoms with Crippen LogP contribution in [0.1, 0.15) is 61.0 Å². The maximum atomic E-state index is 13.2. The molecule has 3 N–H and O–H groups in total. The van der Waals surface area contributed by atoms with Crippen molar-refractivity contribution in [2.45, 2.75) is 49.8 Å². The molecule has 0 radical (unpaired) electrons. The van der Waals surface area contributed by atoms with Gasteiger partial charge in [0.05, 0.1) is 28.2 Å². The molecular weight excluding hydrogens is 482 g/mol. The van der Waals surface area contributed by atoms with Crippen LogP contribution in [0.4, 0.5) is 5.82 Å². The van der Waals surface area contributed by atoms with Gasteiger partial charge in [0.15, 0.2) is 21.3 Å². The smallest absolute Gasteiger partial charge is 0.385 e. The van der Waals surface area contributed by atoms with Gasteiger partial charge in [0.1, 0.15) is 5.84 Å². The number of oxime groups is 1. The molecule has 0 saturated heterocycles. The van der Waals surface area contributed by atoms with Crippen molar-refractivity contribution in [2.24, 2.45) is 16.8 Å². The van der Waals surface area contributed by atoms with E-state index in [0.717, 1.165) is 38.1 Å². The van der Waals surface area contributed by atoms with E-state index >= 15 is 0 Å². The highest BCUT2D eigenvalue weighted by Gasteiger charge is 2.28. The molecule has 1 aliphatic rings. The van der Waals surface area contributed by atoms with Crippen LogP contribution in [-0.4, -0.2) is 42.4 Å². The summed E-state index contributed by atoms with van der Waals surface area (Å²) in [6, 6.07) is 4.57. The van der Waals surface area contributed by atoms with Gasteiger partial charge < -0.3 is 15.9 Å². The molecule has 1 atom stereocenters. The number of nitrogens with one attached hydrogen (secondary N) is 1. The number of hydrogen-bond donors (Lipinski definition) is 2. The Balaban J connectivity index is 1.80. The second-order valence-electron chi connectivity index (χ2n) is 8.29. The van der Waals surface area contributed by atoms with Gasteiger partial charge in [-0.25, -0.2) is 23.2 Å². The van der Waals surface area contributed by atoms with Crippen LogP contribution in [0, 0.1) is 5.92 Å². The number of amides is 1. The number of carbonyl (C=O) groups is 2. The minimum absolute atomic E-state index is 0.0143. The maximum Gasteiger partial charge on any atom is 0.385 e. The molecule has 3 rings (SSSR count). The van der Waals surface area contributed by atoms with E-state index in [-0.39, 0.29) is 33.2 Å². The zero-order valence-electron chi connectivity index (χ0n) is 18.8. The van der Waals surface area contributed by atoms with E-state index in [4.69, 9.17) is 17.3 Å². The molecule has 0 aliphatic heterocycles. The lowest BCUT2D eigenvalue weighted by Gasteiger charge is -2.21. The van der Waals surface area contributed by atoms with Crippen molar-refractivity contribution in [2.75, 3.05) is 11.6 Å². The van der Waals surface area contributed by atoms with Crippen molar-refractivity contribution in [1.29, 1.82) is 0 Å². The standard InChI is InChI=1S/C22H26ClN5O5S/c1-13(24)28-33-22(30)18-11-26-20(12-25-18)27-21(29)16(9-14-5-3-4-6-14)15-7-8-19(17(23)10-15)34(2,31)32/h7-8,10-12,14,16H,3-6,9H2,1-2H3,(H2,24,28)(H,26,27,29)/t16-/m1/s1. The molecule has 34 heavy (non-hydrogen) atoms. The van der Waals surface area contributed by atoms with Gasteiger partial charge in [-0.1, -0.05) is 48.5 Å². The average Bonchev–Trinajstić information content (AvgIpc) is 3.28. The highest BCUT2D eigenvalue weighted by atomic mass is 35.5. The molecule has 1 saturated carbocycles. The van der Waals surface area contributed by atoms with E-state index in [0.29, 0.717) is 17.9 Å². The zero-order chi connectivity index (χ0) is 24.9. The molecular formula is C22H26ClN5O5S. The van der Waals surface area contributed by atoms with Crippen LogP contribution >= 0.6 is 11.6 Å². The van der Waals surface area contributed by atoms with E-state index in [2.05, 4.69) is 25.3 Å². The van der Waals surface area contributed by atoms with Crippen LogP contribution in [-0.2, 0) is 19.5 Å². The van der Waals surface area contributed by atoms with Crippen molar-refractivity contribution in [1.82, 2.24) is 9.97 Å². The molecule has 182 valence electrons. The Bertz CT molecular complexity index is 1190. The summed E-state index contributed by atoms with van der Waals surface area (Å²) >= 11 is 6.24. The van der Waals surface area contributed by atoms with Gasteiger partial charge in [0.2, 0.25) is 5.91 Å². The largest absolute Gasteiger partial charge is 0.385 e. The number of rotatable bonds is 8. The third-order valence-electron chi connectivity index (χ3n) is 5.50. The molecule has 1 amide bonds. The number of nitrogens with zero attached hydrogens (tertiary/aromatic N) is 3. The number of hydrogen-bond acceptors (Lipinski definition) is 8. The van der Waals surface area contributed by atoms with E-state index < -0.39 is 21.7 Å². The Kier molecular flexibility index (Phi) is 8.21. The van der Waals surface area contributed by atoms with E-state index in [1.165, 1.54) is 25.3 Å². The summed E-state index contributed by atoms with van der Waals surface area (Å²) in [5.41, 5.74) is 5.83. The minimum atomic E-state index is -3.49. The van der Waals surface area contributed by atoms with E-state index in [1.807, 2.05) is 0 Å². The highest BCUT2D eigenvalue weighted by Crippen LogP contribution is 2.36. The van der Waals surface area contributed by atoms with Crippen molar-refractivity contribution in [3.05, 3.63) is 46.9 Å². The number of sulfone groups is 1. The number of anilines is 1. The molecule has 1 heterocycles. The Morgan fingerprint density at radius 3 is 2.53 bits per heavy atom. The summed E-state index contributed by atoms with van der Waals surface area (Å²) in [5.74, 6) is -1.14. The first-order valence-electron chi connectivity index (χ1n) is 10.7. The fourth-order valence-corrected chi connectivity index (χ4v) is 5.22. The van der Waals surface area contributed by atoms with E-state index in [1.54, 1.807) is 6.07 Å². The minimum Gasteiger partial charge on any atom is -0.385 e. The predicted octanol–water partition coefficient (Wildman–Crippen LogP) is 3.29. The third-order valence-corrected chi connectivity index (χ3v) is 7.08. The molecule has 1 aromatic heterocycles. The molecule has 1 aliphatic carbocycles. The van der Waals surface area contributed by atoms with Gasteiger partial charge in [0.25, 0.3) is 0 Å². The normalized spacial score (nSPS) is 15.7. The quantitative estimate of drug-likeness (QED) is 0.239. The lowest BCUT2D eigenvalue weighted by Crippen LogP contribution is -2.24. The van der Waals surface area contributed by atoms with Crippen LogP contribution in [0.2, 0.25) is 5.02 Å². The summed E-state index contributed by atoms with van der Waals surface area (Å²) in [4.78, 5) is 37.7. The number of aromatic nitrogens is 2. The van der Waals surface area contributed by atoms with Gasteiger partial charge >= 0.3 is 5.97 Å². The van der Waals surface area contributed by atoms with Crippen molar-refractivity contribution in [3.8, 4) is 0 Å². The second kappa shape index (κ2) is 10.9. The Morgan fingerprint density at radius 1 is 1.26 bits per heavy atom. The predicted molar refractivity (Wildman–Crippen MR) is 127 cm³/mol. The summed E-state index contributed by atoms with van der Waals surface area (Å²) in [6.07, 6.45) is 8.35. The highest BCUT2D eigenvalue weighted by molar-refractivity contribution is 7.90. The van der Waals surface area contributed by atoms with E-state index in [9.17, 15) is 18.0 Å².